The second-order valence-corrected chi connectivity index (χ2v) is 3.26. The van der Waals surface area contributed by atoms with E-state index in [1.165, 1.54) is 0 Å². The summed E-state index contributed by atoms with van der Waals surface area (Å²) in [7, 11) is 1.59. The summed E-state index contributed by atoms with van der Waals surface area (Å²) in [6, 6.07) is 0. The highest BCUT2D eigenvalue weighted by atomic mass is 16.5. The van der Waals surface area contributed by atoms with E-state index < -0.39 is 0 Å². The third kappa shape index (κ3) is 2.79. The van der Waals surface area contributed by atoms with Gasteiger partial charge in [-0.2, -0.15) is 4.98 Å². The van der Waals surface area contributed by atoms with Crippen LogP contribution in [0.4, 0.5) is 5.95 Å². The zero-order valence-electron chi connectivity index (χ0n) is 9.29. The van der Waals surface area contributed by atoms with Crippen molar-refractivity contribution in [1.82, 2.24) is 9.97 Å². The Balaban J connectivity index is 3.06. The number of nitrogen functional groups attached to an aromatic ring is 1. The second-order valence-electron chi connectivity index (χ2n) is 3.26. The molecule has 5 nitrogen and oxygen atoms in total. The van der Waals surface area contributed by atoms with Crippen LogP contribution in [-0.2, 0) is 12.8 Å². The lowest BCUT2D eigenvalue weighted by molar-refractivity contribution is 0.390. The van der Waals surface area contributed by atoms with Crippen LogP contribution in [0.25, 0.3) is 0 Å². The Bertz CT molecular complexity index is 302. The molecule has 0 amide bonds. The van der Waals surface area contributed by atoms with Gasteiger partial charge in [0.05, 0.1) is 12.8 Å². The third-order valence-corrected chi connectivity index (χ3v) is 2.23. The Morgan fingerprint density at radius 3 is 2.60 bits per heavy atom. The molecule has 0 unspecified atom stereocenters. The lowest BCUT2D eigenvalue weighted by Gasteiger charge is -2.11. The van der Waals surface area contributed by atoms with Crippen molar-refractivity contribution < 1.29 is 4.74 Å². The molecule has 0 aliphatic rings. The van der Waals surface area contributed by atoms with Crippen LogP contribution in [0, 0.1) is 0 Å². The van der Waals surface area contributed by atoms with Crippen molar-refractivity contribution in [2.45, 2.75) is 26.2 Å². The van der Waals surface area contributed by atoms with E-state index in [0.29, 0.717) is 12.4 Å². The minimum absolute atomic E-state index is 0.264. The SMILES string of the molecule is CCc1nc(N)nc(OC)c1CCCN. The largest absolute Gasteiger partial charge is 0.481 e. The van der Waals surface area contributed by atoms with E-state index >= 15 is 0 Å². The van der Waals surface area contributed by atoms with Gasteiger partial charge in [-0.1, -0.05) is 6.92 Å². The van der Waals surface area contributed by atoms with Crippen LogP contribution >= 0.6 is 0 Å². The van der Waals surface area contributed by atoms with Crippen LogP contribution in [0.3, 0.4) is 0 Å². The zero-order valence-corrected chi connectivity index (χ0v) is 9.29. The van der Waals surface area contributed by atoms with Gasteiger partial charge in [-0.25, -0.2) is 4.98 Å². The normalized spacial score (nSPS) is 10.3. The molecule has 0 aliphatic heterocycles. The van der Waals surface area contributed by atoms with Gasteiger partial charge < -0.3 is 16.2 Å². The van der Waals surface area contributed by atoms with Gasteiger partial charge in [0.2, 0.25) is 11.8 Å². The second kappa shape index (κ2) is 5.50. The molecule has 0 saturated heterocycles. The zero-order chi connectivity index (χ0) is 11.3. The van der Waals surface area contributed by atoms with Crippen molar-refractivity contribution in [3.05, 3.63) is 11.3 Å². The van der Waals surface area contributed by atoms with Gasteiger partial charge in [-0.15, -0.1) is 0 Å². The van der Waals surface area contributed by atoms with E-state index in [0.717, 1.165) is 30.5 Å². The highest BCUT2D eigenvalue weighted by molar-refractivity contribution is 5.36. The number of aromatic nitrogens is 2. The number of hydrogen-bond acceptors (Lipinski definition) is 5. The molecule has 15 heavy (non-hydrogen) atoms. The molecular weight excluding hydrogens is 192 g/mol. The first-order chi connectivity index (χ1) is 7.22. The molecule has 1 heterocycles. The van der Waals surface area contributed by atoms with Gasteiger partial charge >= 0.3 is 0 Å². The Hall–Kier alpha value is -1.36. The maximum Gasteiger partial charge on any atom is 0.223 e. The summed E-state index contributed by atoms with van der Waals surface area (Å²) < 4.78 is 5.19. The maximum absolute atomic E-state index is 5.58. The minimum atomic E-state index is 0.264. The molecule has 1 rings (SSSR count). The molecule has 0 bridgehead atoms. The average Bonchev–Trinajstić information content (AvgIpc) is 2.26. The molecule has 0 aliphatic carbocycles. The molecule has 5 heteroatoms. The molecule has 0 fully saturated rings. The number of anilines is 1. The summed E-state index contributed by atoms with van der Waals surface area (Å²) >= 11 is 0. The number of nitrogens with zero attached hydrogens (tertiary/aromatic N) is 2. The number of rotatable bonds is 5. The molecule has 4 N–H and O–H groups in total. The molecular formula is C10H18N4O. The smallest absolute Gasteiger partial charge is 0.223 e. The summed E-state index contributed by atoms with van der Waals surface area (Å²) in [6.45, 7) is 2.68. The average molecular weight is 210 g/mol. The van der Waals surface area contributed by atoms with Crippen molar-refractivity contribution >= 4 is 5.95 Å². The number of hydrogen-bond donors (Lipinski definition) is 2. The molecule has 0 saturated carbocycles. The fourth-order valence-electron chi connectivity index (χ4n) is 1.52. The summed E-state index contributed by atoms with van der Waals surface area (Å²) in [5.41, 5.74) is 13.0. The predicted molar refractivity (Wildman–Crippen MR) is 59.7 cm³/mol. The Morgan fingerprint density at radius 1 is 1.33 bits per heavy atom. The standard InChI is InChI=1S/C10H18N4O/c1-3-8-7(5-4-6-11)9(15-2)14-10(12)13-8/h3-6,11H2,1-2H3,(H2,12,13,14). The van der Waals surface area contributed by atoms with Crippen LogP contribution < -0.4 is 16.2 Å². The van der Waals surface area contributed by atoms with E-state index in [-0.39, 0.29) is 5.95 Å². The number of aryl methyl sites for hydroxylation is 1. The van der Waals surface area contributed by atoms with Crippen molar-refractivity contribution in [3.63, 3.8) is 0 Å². The van der Waals surface area contributed by atoms with Crippen LogP contribution in [-0.4, -0.2) is 23.6 Å². The highest BCUT2D eigenvalue weighted by Gasteiger charge is 2.12. The van der Waals surface area contributed by atoms with E-state index in [4.69, 9.17) is 16.2 Å². The van der Waals surface area contributed by atoms with Crippen LogP contribution in [0.2, 0.25) is 0 Å². The fourth-order valence-corrected chi connectivity index (χ4v) is 1.52. The Labute approximate surface area is 89.9 Å². The fraction of sp³-hybridized carbons (Fsp3) is 0.600. The molecule has 0 aromatic carbocycles. The lowest BCUT2D eigenvalue weighted by Crippen LogP contribution is -2.09. The monoisotopic (exact) mass is 210 g/mol. The van der Waals surface area contributed by atoms with Crippen molar-refractivity contribution in [2.24, 2.45) is 5.73 Å². The van der Waals surface area contributed by atoms with Crippen LogP contribution in [0.5, 0.6) is 5.88 Å². The van der Waals surface area contributed by atoms with Gasteiger partial charge in [0.1, 0.15) is 0 Å². The Kier molecular flexibility index (Phi) is 4.30. The van der Waals surface area contributed by atoms with E-state index in [9.17, 15) is 0 Å². The maximum atomic E-state index is 5.58. The minimum Gasteiger partial charge on any atom is -0.481 e. The van der Waals surface area contributed by atoms with Crippen LogP contribution in [0.1, 0.15) is 24.6 Å². The molecule has 84 valence electrons. The van der Waals surface area contributed by atoms with Gasteiger partial charge in [-0.05, 0) is 25.8 Å². The summed E-state index contributed by atoms with van der Waals surface area (Å²) in [5.74, 6) is 0.841. The van der Waals surface area contributed by atoms with Crippen molar-refractivity contribution in [1.29, 1.82) is 0 Å². The number of nitrogens with two attached hydrogens (primary N) is 2. The predicted octanol–water partition coefficient (Wildman–Crippen LogP) is 0.521. The summed E-state index contributed by atoms with van der Waals surface area (Å²) in [6.07, 6.45) is 2.56. The number of methoxy groups -OCH3 is 1. The molecule has 1 aromatic rings. The molecule has 0 radical (unpaired) electrons. The van der Waals surface area contributed by atoms with Crippen molar-refractivity contribution in [2.75, 3.05) is 19.4 Å². The first-order valence-electron chi connectivity index (χ1n) is 5.12. The first-order valence-corrected chi connectivity index (χ1v) is 5.12. The van der Waals surface area contributed by atoms with Gasteiger partial charge in [0, 0.05) is 5.56 Å². The lowest BCUT2D eigenvalue weighted by atomic mass is 10.1. The van der Waals surface area contributed by atoms with Crippen LogP contribution in [0.15, 0.2) is 0 Å². The quantitative estimate of drug-likeness (QED) is 0.739. The van der Waals surface area contributed by atoms with Crippen molar-refractivity contribution in [3.8, 4) is 5.88 Å². The van der Waals surface area contributed by atoms with Gasteiger partial charge in [-0.3, -0.25) is 0 Å². The van der Waals surface area contributed by atoms with E-state index in [2.05, 4.69) is 9.97 Å². The number of ether oxygens (including phenoxy) is 1. The Morgan fingerprint density at radius 2 is 2.07 bits per heavy atom. The molecule has 0 atom stereocenters. The van der Waals surface area contributed by atoms with E-state index in [1.54, 1.807) is 7.11 Å². The van der Waals surface area contributed by atoms with Gasteiger partial charge in [0.25, 0.3) is 0 Å². The molecule has 1 aromatic heterocycles. The topological polar surface area (TPSA) is 87.0 Å². The summed E-state index contributed by atoms with van der Waals surface area (Å²) in [5, 5.41) is 0. The summed E-state index contributed by atoms with van der Waals surface area (Å²) in [4.78, 5) is 8.26. The third-order valence-electron chi connectivity index (χ3n) is 2.23. The van der Waals surface area contributed by atoms with Gasteiger partial charge in [0.15, 0.2) is 0 Å². The highest BCUT2D eigenvalue weighted by Crippen LogP contribution is 2.21. The van der Waals surface area contributed by atoms with E-state index in [1.807, 2.05) is 6.92 Å². The molecule has 0 spiro atoms. The first kappa shape index (κ1) is 11.7.